The summed E-state index contributed by atoms with van der Waals surface area (Å²) >= 11 is 7.24. The third-order valence-electron chi connectivity index (χ3n) is 4.07. The number of carbonyl (C=O) groups excluding carboxylic acids is 1. The lowest BCUT2D eigenvalue weighted by atomic mass is 10.3. The Labute approximate surface area is 172 Å². The molecule has 0 radical (unpaired) electrons. The Morgan fingerprint density at radius 3 is 2.71 bits per heavy atom. The van der Waals surface area contributed by atoms with E-state index in [2.05, 4.69) is 10.3 Å². The van der Waals surface area contributed by atoms with Crippen LogP contribution < -0.4 is 10.5 Å². The normalized spacial score (nSPS) is 12.9. The number of sulfonamides is 1. The van der Waals surface area contributed by atoms with Crippen LogP contribution in [0.3, 0.4) is 0 Å². The Morgan fingerprint density at radius 1 is 1.32 bits per heavy atom. The van der Waals surface area contributed by atoms with E-state index in [0.29, 0.717) is 27.9 Å². The monoisotopic (exact) mass is 438 g/mol. The molecule has 1 heterocycles. The van der Waals surface area contributed by atoms with Gasteiger partial charge in [0.05, 0.1) is 21.2 Å². The summed E-state index contributed by atoms with van der Waals surface area (Å²) in [5.41, 5.74) is 1.91. The Bertz CT molecular complexity index is 1140. The lowest BCUT2D eigenvalue weighted by Gasteiger charge is -2.13. The molecular weight excluding hydrogens is 420 g/mol. The molecule has 1 aromatic heterocycles. The molecule has 0 saturated heterocycles. The number of thioether (sulfide) groups is 1. The third-order valence-corrected chi connectivity index (χ3v) is 6.31. The van der Waals surface area contributed by atoms with Crippen LogP contribution in [0.25, 0.3) is 11.0 Å². The van der Waals surface area contributed by atoms with Gasteiger partial charge >= 0.3 is 0 Å². The van der Waals surface area contributed by atoms with Crippen LogP contribution in [-0.4, -0.2) is 29.1 Å². The van der Waals surface area contributed by atoms with E-state index in [1.54, 1.807) is 37.3 Å². The van der Waals surface area contributed by atoms with Crippen molar-refractivity contribution in [1.29, 1.82) is 0 Å². The van der Waals surface area contributed by atoms with Gasteiger partial charge < -0.3 is 9.88 Å². The molecule has 3 N–H and O–H groups in total. The van der Waals surface area contributed by atoms with Crippen LogP contribution in [0.15, 0.2) is 52.5 Å². The molecule has 0 spiro atoms. The number of carbonyl (C=O) groups is 1. The van der Waals surface area contributed by atoms with Crippen molar-refractivity contribution in [3.8, 4) is 0 Å². The van der Waals surface area contributed by atoms with Gasteiger partial charge in [-0.15, -0.1) is 0 Å². The van der Waals surface area contributed by atoms with Gasteiger partial charge in [-0.1, -0.05) is 29.4 Å². The predicted molar refractivity (Wildman–Crippen MR) is 112 cm³/mol. The number of nitrogens with two attached hydrogens (primary N) is 1. The molecular formula is C18H19ClN4O3S2. The summed E-state index contributed by atoms with van der Waals surface area (Å²) in [7, 11) is -3.81. The van der Waals surface area contributed by atoms with Crippen LogP contribution in [0.2, 0.25) is 5.02 Å². The topological polar surface area (TPSA) is 107 Å². The molecule has 0 aliphatic heterocycles. The molecule has 0 saturated carbocycles. The molecule has 148 valence electrons. The predicted octanol–water partition coefficient (Wildman–Crippen LogP) is 3.48. The number of hydrogen-bond donors (Lipinski definition) is 2. The summed E-state index contributed by atoms with van der Waals surface area (Å²) in [5, 5.41) is 8.76. The maximum atomic E-state index is 12.5. The van der Waals surface area contributed by atoms with E-state index in [9.17, 15) is 13.2 Å². The summed E-state index contributed by atoms with van der Waals surface area (Å²) in [6.45, 7) is 4.35. The van der Waals surface area contributed by atoms with Gasteiger partial charge in [-0.05, 0) is 50.2 Å². The zero-order valence-corrected chi connectivity index (χ0v) is 17.6. The van der Waals surface area contributed by atoms with Crippen LogP contribution in [0.5, 0.6) is 0 Å². The number of rotatable bonds is 6. The fourth-order valence-electron chi connectivity index (χ4n) is 2.68. The quantitative estimate of drug-likeness (QED) is 0.573. The summed E-state index contributed by atoms with van der Waals surface area (Å²) in [4.78, 5) is 17.0. The molecule has 10 heteroatoms. The van der Waals surface area contributed by atoms with E-state index < -0.39 is 15.3 Å². The van der Waals surface area contributed by atoms with Crippen molar-refractivity contribution in [2.24, 2.45) is 5.14 Å². The minimum Gasteiger partial charge on any atom is -0.325 e. The molecule has 7 nitrogen and oxygen atoms in total. The number of halogens is 1. The van der Waals surface area contributed by atoms with Crippen molar-refractivity contribution in [3.05, 3.63) is 47.5 Å². The van der Waals surface area contributed by atoms with Gasteiger partial charge in [0, 0.05) is 17.3 Å². The average Bonchev–Trinajstić information content (AvgIpc) is 2.97. The van der Waals surface area contributed by atoms with E-state index in [0.717, 1.165) is 5.52 Å². The maximum Gasteiger partial charge on any atom is 0.238 e. The Hall–Kier alpha value is -2.07. The molecule has 3 rings (SSSR count). The molecule has 3 aromatic rings. The molecule has 2 aromatic carbocycles. The first-order chi connectivity index (χ1) is 13.2. The smallest absolute Gasteiger partial charge is 0.238 e. The molecule has 0 fully saturated rings. The summed E-state index contributed by atoms with van der Waals surface area (Å²) in [6.07, 6.45) is 0. The maximum absolute atomic E-state index is 12.5. The second kappa shape index (κ2) is 8.12. The number of benzene rings is 2. The molecule has 1 atom stereocenters. The number of amides is 1. The lowest BCUT2D eigenvalue weighted by molar-refractivity contribution is -0.115. The van der Waals surface area contributed by atoms with Crippen molar-refractivity contribution in [3.63, 3.8) is 0 Å². The fraction of sp³-hybridized carbons (Fsp3) is 0.222. The lowest BCUT2D eigenvalue weighted by Crippen LogP contribution is -2.22. The standard InChI is InChI=1S/C18H19ClN4O3S2/c1-3-23-16-8-7-14(28(20,25)26)10-15(16)22-18(23)27-11(2)17(24)21-13-6-4-5-12(19)9-13/h4-11H,3H2,1-2H3,(H,21,24)(H2,20,25,26)/t11-/m1/s1. The van der Waals surface area contributed by atoms with Crippen LogP contribution in [0, 0.1) is 0 Å². The van der Waals surface area contributed by atoms with Crippen LogP contribution >= 0.6 is 23.4 Å². The number of nitrogens with zero attached hydrogens (tertiary/aromatic N) is 2. The molecule has 0 aliphatic carbocycles. The van der Waals surface area contributed by atoms with Gasteiger partial charge in [-0.25, -0.2) is 18.5 Å². The van der Waals surface area contributed by atoms with Crippen LogP contribution in [0.4, 0.5) is 5.69 Å². The van der Waals surface area contributed by atoms with Crippen LogP contribution in [0.1, 0.15) is 13.8 Å². The SMILES string of the molecule is CCn1c(S[C@H](C)C(=O)Nc2cccc(Cl)c2)nc2cc(S(N)(=O)=O)ccc21. The summed E-state index contributed by atoms with van der Waals surface area (Å²) in [6, 6.07) is 11.5. The number of primary sulfonamides is 1. The summed E-state index contributed by atoms with van der Waals surface area (Å²) < 4.78 is 25.1. The molecule has 1 amide bonds. The first-order valence-electron chi connectivity index (χ1n) is 8.45. The van der Waals surface area contributed by atoms with Gasteiger partial charge in [0.1, 0.15) is 0 Å². The second-order valence-corrected chi connectivity index (χ2v) is 9.40. The first kappa shape index (κ1) is 20.7. The van der Waals surface area contributed by atoms with Gasteiger partial charge in [0.25, 0.3) is 0 Å². The zero-order chi connectivity index (χ0) is 20.5. The van der Waals surface area contributed by atoms with Crippen molar-refractivity contribution in [2.45, 2.75) is 35.7 Å². The van der Waals surface area contributed by atoms with Gasteiger partial charge in [0.15, 0.2) is 5.16 Å². The molecule has 0 aliphatic rings. The Kier molecular flexibility index (Phi) is 5.99. The average molecular weight is 439 g/mol. The van der Waals surface area contributed by atoms with Gasteiger partial charge in [-0.3, -0.25) is 4.79 Å². The Morgan fingerprint density at radius 2 is 2.07 bits per heavy atom. The molecule has 0 bridgehead atoms. The van der Waals surface area contributed by atoms with Gasteiger partial charge in [-0.2, -0.15) is 0 Å². The van der Waals surface area contributed by atoms with E-state index in [1.165, 1.54) is 23.9 Å². The van der Waals surface area contributed by atoms with Crippen molar-refractivity contribution < 1.29 is 13.2 Å². The number of fused-ring (bicyclic) bond motifs is 1. The zero-order valence-electron chi connectivity index (χ0n) is 15.2. The number of hydrogen-bond acceptors (Lipinski definition) is 5. The highest BCUT2D eigenvalue weighted by Gasteiger charge is 2.20. The van der Waals surface area contributed by atoms with Crippen LogP contribution in [-0.2, 0) is 21.4 Å². The first-order valence-corrected chi connectivity index (χ1v) is 11.3. The highest BCUT2D eigenvalue weighted by atomic mass is 35.5. The van der Waals surface area contributed by atoms with Crippen molar-refractivity contribution in [1.82, 2.24) is 9.55 Å². The molecule has 0 unspecified atom stereocenters. The Balaban J connectivity index is 1.85. The number of anilines is 1. The summed E-state index contributed by atoms with van der Waals surface area (Å²) in [5.74, 6) is -0.188. The van der Waals surface area contributed by atoms with E-state index >= 15 is 0 Å². The fourth-order valence-corrected chi connectivity index (χ4v) is 4.39. The number of aromatic nitrogens is 2. The minimum absolute atomic E-state index is 0.00375. The largest absolute Gasteiger partial charge is 0.325 e. The second-order valence-electron chi connectivity index (χ2n) is 6.09. The number of imidazole rings is 1. The van der Waals surface area contributed by atoms with Crippen molar-refractivity contribution >= 4 is 56.0 Å². The highest BCUT2D eigenvalue weighted by Crippen LogP contribution is 2.29. The van der Waals surface area contributed by atoms with E-state index in [4.69, 9.17) is 16.7 Å². The van der Waals surface area contributed by atoms with Gasteiger partial charge in [0.2, 0.25) is 15.9 Å². The molecule has 28 heavy (non-hydrogen) atoms. The van der Waals surface area contributed by atoms with Crippen molar-refractivity contribution in [2.75, 3.05) is 5.32 Å². The van der Waals surface area contributed by atoms with E-state index in [1.807, 2.05) is 11.5 Å². The third kappa shape index (κ3) is 4.49. The number of aryl methyl sites for hydroxylation is 1. The number of nitrogens with one attached hydrogen (secondary N) is 1. The minimum atomic E-state index is -3.81. The van der Waals surface area contributed by atoms with E-state index in [-0.39, 0.29) is 10.8 Å². The highest BCUT2D eigenvalue weighted by molar-refractivity contribution is 8.00.